The van der Waals surface area contributed by atoms with Crippen molar-refractivity contribution >= 4 is 0 Å². The Morgan fingerprint density at radius 2 is 2.23 bits per heavy atom. The van der Waals surface area contributed by atoms with Crippen molar-refractivity contribution in [3.63, 3.8) is 0 Å². The quantitative estimate of drug-likeness (QED) is 0.691. The molecule has 0 aliphatic carbocycles. The molecule has 5 nitrogen and oxygen atoms in total. The van der Waals surface area contributed by atoms with E-state index in [1.54, 1.807) is 0 Å². The average Bonchev–Trinajstić information content (AvgIpc) is 2.59. The van der Waals surface area contributed by atoms with E-state index >= 15 is 0 Å². The molecule has 0 amide bonds. The van der Waals surface area contributed by atoms with Crippen molar-refractivity contribution in [2.24, 2.45) is 5.73 Å². The van der Waals surface area contributed by atoms with Crippen LogP contribution in [0.3, 0.4) is 0 Å². The maximum atomic E-state index is 5.41. The van der Waals surface area contributed by atoms with Gasteiger partial charge in [-0.2, -0.15) is 0 Å². The third kappa shape index (κ3) is 3.10. The van der Waals surface area contributed by atoms with Crippen LogP contribution in [-0.2, 0) is 13.0 Å². The fraction of sp³-hybridized carbons (Fsp3) is 0.875. The Kier molecular flexibility index (Phi) is 4.39. The van der Waals surface area contributed by atoms with Crippen molar-refractivity contribution < 1.29 is 0 Å². The minimum Gasteiger partial charge on any atom is -0.330 e. The lowest BCUT2D eigenvalue weighted by Crippen LogP contribution is -2.10. The Balaban J connectivity index is 2.45. The number of tetrazole rings is 1. The second-order valence-corrected chi connectivity index (χ2v) is 3.06. The highest BCUT2D eigenvalue weighted by atomic mass is 15.5. The number of aromatic nitrogens is 4. The van der Waals surface area contributed by atoms with Gasteiger partial charge < -0.3 is 5.73 Å². The summed E-state index contributed by atoms with van der Waals surface area (Å²) >= 11 is 0. The Bertz CT molecular complexity index is 210. The summed E-state index contributed by atoms with van der Waals surface area (Å²) < 4.78 is 1.85. The van der Waals surface area contributed by atoms with Gasteiger partial charge in [0.1, 0.15) is 0 Å². The zero-order chi connectivity index (χ0) is 9.52. The lowest BCUT2D eigenvalue weighted by Gasteiger charge is -2.01. The molecule has 74 valence electrons. The molecule has 0 saturated heterocycles. The second-order valence-electron chi connectivity index (χ2n) is 3.06. The number of rotatable bonds is 6. The topological polar surface area (TPSA) is 69.6 Å². The van der Waals surface area contributed by atoms with Crippen molar-refractivity contribution in [1.82, 2.24) is 20.2 Å². The summed E-state index contributed by atoms with van der Waals surface area (Å²) in [6, 6.07) is 0. The average molecular weight is 183 g/mol. The lowest BCUT2D eigenvalue weighted by molar-refractivity contribution is 0.536. The van der Waals surface area contributed by atoms with Gasteiger partial charge in [-0.25, -0.2) is 4.68 Å². The van der Waals surface area contributed by atoms with Gasteiger partial charge in [0, 0.05) is 13.0 Å². The van der Waals surface area contributed by atoms with Gasteiger partial charge in [-0.15, -0.1) is 5.10 Å². The molecule has 0 unspecified atom stereocenters. The lowest BCUT2D eigenvalue weighted by atomic mass is 10.2. The molecule has 1 aromatic rings. The van der Waals surface area contributed by atoms with Gasteiger partial charge in [-0.05, 0) is 29.8 Å². The molecule has 0 aliphatic rings. The van der Waals surface area contributed by atoms with Crippen molar-refractivity contribution in [2.45, 2.75) is 39.2 Å². The first kappa shape index (κ1) is 10.1. The number of aryl methyl sites for hydroxylation is 2. The van der Waals surface area contributed by atoms with Crippen molar-refractivity contribution in [1.29, 1.82) is 0 Å². The molecule has 2 N–H and O–H groups in total. The number of nitrogens with two attached hydrogens (primary N) is 1. The van der Waals surface area contributed by atoms with E-state index in [9.17, 15) is 0 Å². The molecule has 0 saturated carbocycles. The molecule has 1 aromatic heterocycles. The van der Waals surface area contributed by atoms with Crippen LogP contribution >= 0.6 is 0 Å². The molecular weight excluding hydrogens is 166 g/mol. The van der Waals surface area contributed by atoms with Crippen LogP contribution in [0.2, 0.25) is 0 Å². The summed E-state index contributed by atoms with van der Waals surface area (Å²) in [5.74, 6) is 0.982. The van der Waals surface area contributed by atoms with E-state index in [0.29, 0.717) is 6.54 Å². The Morgan fingerprint density at radius 3 is 2.92 bits per heavy atom. The van der Waals surface area contributed by atoms with Crippen LogP contribution in [0.4, 0.5) is 0 Å². The smallest absolute Gasteiger partial charge is 0.151 e. The van der Waals surface area contributed by atoms with Crippen LogP contribution in [0, 0.1) is 0 Å². The highest BCUT2D eigenvalue weighted by molar-refractivity contribution is 4.80. The number of nitrogens with zero attached hydrogens (tertiary/aromatic N) is 4. The number of unbranched alkanes of at least 4 members (excludes halogenated alkanes) is 1. The van der Waals surface area contributed by atoms with E-state index < -0.39 is 0 Å². The van der Waals surface area contributed by atoms with Gasteiger partial charge in [0.2, 0.25) is 0 Å². The predicted molar refractivity (Wildman–Crippen MR) is 50.1 cm³/mol. The summed E-state index contributed by atoms with van der Waals surface area (Å²) in [6.07, 6.45) is 4.21. The summed E-state index contributed by atoms with van der Waals surface area (Å²) in [5, 5.41) is 11.5. The Morgan fingerprint density at radius 1 is 1.38 bits per heavy atom. The molecule has 0 aromatic carbocycles. The Labute approximate surface area is 78.3 Å². The number of hydrogen-bond acceptors (Lipinski definition) is 4. The minimum absolute atomic E-state index is 0.688. The van der Waals surface area contributed by atoms with Gasteiger partial charge in [0.05, 0.1) is 0 Å². The molecular formula is C8H17N5. The normalized spacial score (nSPS) is 10.6. The zero-order valence-corrected chi connectivity index (χ0v) is 8.11. The van der Waals surface area contributed by atoms with Crippen molar-refractivity contribution in [3.05, 3.63) is 5.82 Å². The number of hydrogen-bond donors (Lipinski definition) is 1. The summed E-state index contributed by atoms with van der Waals surface area (Å²) in [7, 11) is 0. The molecule has 0 aliphatic heterocycles. The van der Waals surface area contributed by atoms with Crippen LogP contribution in [-0.4, -0.2) is 26.8 Å². The van der Waals surface area contributed by atoms with E-state index in [1.165, 1.54) is 6.42 Å². The van der Waals surface area contributed by atoms with Crippen LogP contribution in [0.25, 0.3) is 0 Å². The van der Waals surface area contributed by atoms with Gasteiger partial charge >= 0.3 is 0 Å². The van der Waals surface area contributed by atoms with Crippen LogP contribution < -0.4 is 5.73 Å². The molecule has 13 heavy (non-hydrogen) atoms. The van der Waals surface area contributed by atoms with Crippen LogP contribution in [0.5, 0.6) is 0 Å². The first-order valence-corrected chi connectivity index (χ1v) is 4.83. The predicted octanol–water partition coefficient (Wildman–Crippen LogP) is 0.364. The van der Waals surface area contributed by atoms with Crippen molar-refractivity contribution in [3.8, 4) is 0 Å². The maximum Gasteiger partial charge on any atom is 0.151 e. The summed E-state index contributed by atoms with van der Waals surface area (Å²) in [6.45, 7) is 3.68. The zero-order valence-electron chi connectivity index (χ0n) is 8.11. The molecule has 1 rings (SSSR count). The van der Waals surface area contributed by atoms with Gasteiger partial charge in [-0.3, -0.25) is 0 Å². The maximum absolute atomic E-state index is 5.41. The molecule has 0 radical (unpaired) electrons. The molecule has 1 heterocycles. The van der Waals surface area contributed by atoms with Gasteiger partial charge in [0.15, 0.2) is 5.82 Å². The molecule has 0 atom stereocenters. The highest BCUT2D eigenvalue weighted by Crippen LogP contribution is 2.00. The first-order chi connectivity index (χ1) is 6.38. The standard InChI is InChI=1S/C8H17N5/c1-2-3-5-8-10-11-12-13(8)7-4-6-9/h2-7,9H2,1H3. The van der Waals surface area contributed by atoms with E-state index in [4.69, 9.17) is 5.73 Å². The van der Waals surface area contributed by atoms with E-state index in [2.05, 4.69) is 22.4 Å². The third-order valence-electron chi connectivity index (χ3n) is 1.93. The minimum atomic E-state index is 0.688. The molecule has 0 bridgehead atoms. The highest BCUT2D eigenvalue weighted by Gasteiger charge is 2.03. The monoisotopic (exact) mass is 183 g/mol. The fourth-order valence-electron chi connectivity index (χ4n) is 1.15. The van der Waals surface area contributed by atoms with E-state index in [-0.39, 0.29) is 0 Å². The molecule has 0 fully saturated rings. The van der Waals surface area contributed by atoms with E-state index in [0.717, 1.165) is 31.6 Å². The van der Waals surface area contributed by atoms with Gasteiger partial charge in [0.25, 0.3) is 0 Å². The van der Waals surface area contributed by atoms with E-state index in [1.807, 2.05) is 4.68 Å². The SMILES string of the molecule is CCCCc1nnnn1CCCN. The van der Waals surface area contributed by atoms with Gasteiger partial charge in [-0.1, -0.05) is 13.3 Å². The third-order valence-corrected chi connectivity index (χ3v) is 1.93. The first-order valence-electron chi connectivity index (χ1n) is 4.83. The fourth-order valence-corrected chi connectivity index (χ4v) is 1.15. The Hall–Kier alpha value is -0.970. The largest absolute Gasteiger partial charge is 0.330 e. The van der Waals surface area contributed by atoms with Crippen molar-refractivity contribution in [2.75, 3.05) is 6.54 Å². The van der Waals surface area contributed by atoms with Crippen LogP contribution in [0.1, 0.15) is 32.0 Å². The molecule has 0 spiro atoms. The summed E-state index contributed by atoms with van der Waals surface area (Å²) in [4.78, 5) is 0. The summed E-state index contributed by atoms with van der Waals surface area (Å²) in [5.41, 5.74) is 5.41. The molecule has 5 heteroatoms. The van der Waals surface area contributed by atoms with Crippen LogP contribution in [0.15, 0.2) is 0 Å². The second kappa shape index (κ2) is 5.64.